The van der Waals surface area contributed by atoms with Gasteiger partial charge in [-0.05, 0) is 68.9 Å². The van der Waals surface area contributed by atoms with Crippen LogP contribution in [-0.4, -0.2) is 74.2 Å². The topological polar surface area (TPSA) is 136 Å². The summed E-state index contributed by atoms with van der Waals surface area (Å²) in [6.45, 7) is 0.797. The first-order chi connectivity index (χ1) is 18.1. The van der Waals surface area contributed by atoms with Gasteiger partial charge in [0.15, 0.2) is 0 Å². The molecule has 3 rings (SSSR count). The summed E-state index contributed by atoms with van der Waals surface area (Å²) in [4.78, 5) is 44.4. The van der Waals surface area contributed by atoms with Gasteiger partial charge in [-0.2, -0.15) is 0 Å². The third kappa shape index (κ3) is 7.98. The third-order valence-electron chi connectivity index (χ3n) is 5.67. The molecule has 2 aromatic carbocycles. The smallest absolute Gasteiger partial charge is 0.411 e. The summed E-state index contributed by atoms with van der Waals surface area (Å²) in [5.41, 5.74) is 1.67. The summed E-state index contributed by atoms with van der Waals surface area (Å²) >= 11 is 12.6. The van der Waals surface area contributed by atoms with E-state index >= 15 is 0 Å². The van der Waals surface area contributed by atoms with Crippen molar-refractivity contribution in [1.29, 1.82) is 0 Å². The number of anilines is 2. The van der Waals surface area contributed by atoms with Gasteiger partial charge in [-0.25, -0.2) is 9.79 Å². The van der Waals surface area contributed by atoms with Crippen molar-refractivity contribution in [1.82, 2.24) is 15.5 Å². The summed E-state index contributed by atoms with van der Waals surface area (Å²) in [5.74, 6) is -0.186. The van der Waals surface area contributed by atoms with Crippen molar-refractivity contribution < 1.29 is 24.2 Å². The molecule has 1 heterocycles. The normalized spacial score (nSPS) is 15.4. The van der Waals surface area contributed by atoms with Crippen molar-refractivity contribution in [3.8, 4) is 5.75 Å². The molecule has 1 saturated heterocycles. The van der Waals surface area contributed by atoms with Crippen LogP contribution in [0.3, 0.4) is 0 Å². The zero-order valence-corrected chi connectivity index (χ0v) is 22.8. The number of amides is 3. The molecule has 2 aromatic rings. The molecule has 1 fully saturated rings. The van der Waals surface area contributed by atoms with Crippen LogP contribution in [0.1, 0.15) is 18.4 Å². The molecule has 1 aliphatic rings. The third-order valence-corrected chi connectivity index (χ3v) is 6.27. The Hall–Kier alpha value is -3.54. The van der Waals surface area contributed by atoms with Gasteiger partial charge in [-0.15, -0.1) is 0 Å². The Balaban J connectivity index is 1.72. The number of hydrogen-bond donors (Lipinski definition) is 4. The fraction of sp³-hybridized carbons (Fsp3) is 0.360. The molecule has 1 unspecified atom stereocenters. The predicted octanol–water partition coefficient (Wildman–Crippen LogP) is 3.41. The number of aliphatic imine (C=N–C) groups is 1. The van der Waals surface area contributed by atoms with E-state index in [1.807, 2.05) is 29.2 Å². The Kier molecular flexibility index (Phi) is 10.2. The molecule has 4 N–H and O–H groups in total. The molecular weight excluding hydrogens is 535 g/mol. The van der Waals surface area contributed by atoms with E-state index in [4.69, 9.17) is 27.9 Å². The Morgan fingerprint density at radius 2 is 1.79 bits per heavy atom. The van der Waals surface area contributed by atoms with E-state index in [0.717, 1.165) is 12.1 Å². The summed E-state index contributed by atoms with van der Waals surface area (Å²) in [7, 11) is 5.10. The van der Waals surface area contributed by atoms with Gasteiger partial charge >= 0.3 is 6.09 Å². The molecular formula is C25H30Cl2N6O5. The molecule has 13 heteroatoms. The number of guanidine groups is 1. The van der Waals surface area contributed by atoms with Crippen LogP contribution < -0.4 is 25.6 Å². The average molecular weight is 565 g/mol. The number of carbonyl (C=O) groups excluding carboxylic acids is 2. The molecule has 0 bridgehead atoms. The Morgan fingerprint density at radius 3 is 2.37 bits per heavy atom. The fourth-order valence-electron chi connectivity index (χ4n) is 4.01. The second-order valence-electron chi connectivity index (χ2n) is 8.85. The van der Waals surface area contributed by atoms with Crippen LogP contribution in [0.4, 0.5) is 16.2 Å². The van der Waals surface area contributed by atoms with E-state index < -0.39 is 12.1 Å². The molecule has 0 radical (unpaired) electrons. The van der Waals surface area contributed by atoms with Crippen LogP contribution in [0.2, 0.25) is 10.0 Å². The maximum Gasteiger partial charge on any atom is 0.411 e. The summed E-state index contributed by atoms with van der Waals surface area (Å²) in [6, 6.07) is 9.99. The van der Waals surface area contributed by atoms with Gasteiger partial charge in [0.1, 0.15) is 11.8 Å². The quantitative estimate of drug-likeness (QED) is 0.285. The van der Waals surface area contributed by atoms with Crippen LogP contribution in [0.15, 0.2) is 41.4 Å². The number of hydrogen-bond acceptors (Lipinski definition) is 7. The first kappa shape index (κ1) is 29.0. The number of halogens is 2. The zero-order valence-electron chi connectivity index (χ0n) is 21.3. The summed E-state index contributed by atoms with van der Waals surface area (Å²) < 4.78 is 5.20. The van der Waals surface area contributed by atoms with Crippen molar-refractivity contribution in [2.75, 3.05) is 44.5 Å². The minimum Gasteiger partial charge on any atom is -0.497 e. The molecule has 0 aromatic heterocycles. The lowest BCUT2D eigenvalue weighted by atomic mass is 10.2. The van der Waals surface area contributed by atoms with Crippen molar-refractivity contribution in [3.05, 3.63) is 52.0 Å². The Bertz CT molecular complexity index is 1180. The highest BCUT2D eigenvalue weighted by Crippen LogP contribution is 2.32. The van der Waals surface area contributed by atoms with Crippen molar-refractivity contribution in [2.45, 2.75) is 25.4 Å². The van der Waals surface area contributed by atoms with Gasteiger partial charge in [-0.3, -0.25) is 20.2 Å². The monoisotopic (exact) mass is 564 g/mol. The number of rotatable bonds is 8. The molecule has 1 atom stereocenters. The minimum absolute atomic E-state index is 0.0336. The van der Waals surface area contributed by atoms with Gasteiger partial charge in [0.2, 0.25) is 17.8 Å². The van der Waals surface area contributed by atoms with Crippen LogP contribution in [0.5, 0.6) is 5.75 Å². The summed E-state index contributed by atoms with van der Waals surface area (Å²) in [6.07, 6.45) is 0.0273. The molecule has 204 valence electrons. The minimum atomic E-state index is -1.38. The number of carboxylic acid groups (broad SMARTS) is 1. The lowest BCUT2D eigenvalue weighted by Crippen LogP contribution is -2.50. The highest BCUT2D eigenvalue weighted by molar-refractivity contribution is 6.39. The predicted molar refractivity (Wildman–Crippen MR) is 147 cm³/mol. The van der Waals surface area contributed by atoms with Crippen molar-refractivity contribution in [2.24, 2.45) is 4.99 Å². The molecule has 0 saturated carbocycles. The zero-order chi connectivity index (χ0) is 27.8. The van der Waals surface area contributed by atoms with Crippen molar-refractivity contribution in [3.63, 3.8) is 0 Å². The van der Waals surface area contributed by atoms with E-state index in [1.165, 1.54) is 0 Å². The lowest BCUT2D eigenvalue weighted by Gasteiger charge is -2.26. The number of benzene rings is 2. The number of likely N-dealkylation sites (N-methyl/N-ethyl adjacent to an activating group) is 1. The van der Waals surface area contributed by atoms with Gasteiger partial charge in [0.25, 0.3) is 0 Å². The van der Waals surface area contributed by atoms with Crippen LogP contribution in [0.25, 0.3) is 0 Å². The number of nitrogens with one attached hydrogen (secondary N) is 3. The number of nitrogens with zero attached hydrogens (tertiary/aromatic N) is 3. The summed E-state index contributed by atoms with van der Waals surface area (Å²) in [5, 5.41) is 17.1. The van der Waals surface area contributed by atoms with E-state index in [-0.39, 0.29) is 46.6 Å². The maximum absolute atomic E-state index is 13.1. The second-order valence-corrected chi connectivity index (χ2v) is 9.67. The van der Waals surface area contributed by atoms with E-state index in [0.29, 0.717) is 24.3 Å². The highest BCUT2D eigenvalue weighted by atomic mass is 35.5. The molecule has 0 aliphatic carbocycles. The second kappa shape index (κ2) is 13.3. The van der Waals surface area contributed by atoms with Crippen molar-refractivity contribution >= 4 is 58.4 Å². The maximum atomic E-state index is 13.1. The van der Waals surface area contributed by atoms with E-state index in [2.05, 4.69) is 20.9 Å². The average Bonchev–Trinajstić information content (AvgIpc) is 3.34. The number of carbonyl (C=O) groups is 3. The molecule has 1 aliphatic heterocycles. The molecule has 3 amide bonds. The lowest BCUT2D eigenvalue weighted by molar-refractivity contribution is -0.121. The van der Waals surface area contributed by atoms with Crippen LogP contribution in [0, 0.1) is 0 Å². The van der Waals surface area contributed by atoms with E-state index in [9.17, 15) is 19.5 Å². The fourth-order valence-corrected chi connectivity index (χ4v) is 4.63. The largest absolute Gasteiger partial charge is 0.497 e. The standard InChI is InChI=1S/C25H30Cl2N6O5/c1-32(2)14-21(34)29-22-18(26)11-15(12-19(22)27)13-28-24(31-25(36)37)30-23(35)20-5-4-10-33(20)16-6-8-17(38-3)9-7-16/h6-9,11-12,20H,4-5,10,13-14H2,1-3H3,(H,29,34)(H,36,37)(H2,28,30,31,35). The van der Waals surface area contributed by atoms with Crippen LogP contribution in [-0.2, 0) is 16.1 Å². The highest BCUT2D eigenvalue weighted by Gasteiger charge is 2.31. The first-order valence-corrected chi connectivity index (χ1v) is 12.5. The SMILES string of the molecule is COc1ccc(N2CCCC2C(=O)NC(=NCc2cc(Cl)c(NC(=O)CN(C)C)c(Cl)c2)NC(=O)O)cc1. The Labute approximate surface area is 230 Å². The molecule has 38 heavy (non-hydrogen) atoms. The van der Waals surface area contributed by atoms with Gasteiger partial charge in [0.05, 0.1) is 35.9 Å². The van der Waals surface area contributed by atoms with Gasteiger partial charge in [0, 0.05) is 12.2 Å². The van der Waals surface area contributed by atoms with Gasteiger partial charge in [-0.1, -0.05) is 23.2 Å². The Morgan fingerprint density at radius 1 is 1.13 bits per heavy atom. The molecule has 0 spiro atoms. The first-order valence-electron chi connectivity index (χ1n) is 11.8. The van der Waals surface area contributed by atoms with E-state index in [1.54, 1.807) is 38.2 Å². The molecule has 11 nitrogen and oxygen atoms in total. The van der Waals surface area contributed by atoms with Gasteiger partial charge < -0.3 is 25.0 Å². The van der Waals surface area contributed by atoms with Crippen LogP contribution >= 0.6 is 23.2 Å². The number of ether oxygens (including phenoxy) is 1. The number of methoxy groups -OCH3 is 1.